The molecule has 0 saturated carbocycles. The fourth-order valence-electron chi connectivity index (χ4n) is 1.13. The second-order valence-corrected chi connectivity index (χ2v) is 2.87. The maximum Gasteiger partial charge on any atom is 0.313 e. The molecule has 0 aliphatic rings. The van der Waals surface area contributed by atoms with Crippen LogP contribution >= 0.6 is 0 Å². The Hall–Kier alpha value is -1.69. The highest BCUT2D eigenvalue weighted by molar-refractivity contribution is 5.75. The Morgan fingerprint density at radius 1 is 1.80 bits per heavy atom. The SMILES string of the molecule is COc1cc(C(CN)C(=O)O)ncc1F. The summed E-state index contributed by atoms with van der Waals surface area (Å²) in [5.41, 5.74) is 5.46. The number of hydrogen-bond acceptors (Lipinski definition) is 4. The highest BCUT2D eigenvalue weighted by Gasteiger charge is 2.20. The summed E-state index contributed by atoms with van der Waals surface area (Å²) in [6, 6.07) is 1.24. The van der Waals surface area contributed by atoms with E-state index in [1.54, 1.807) is 0 Å². The molecule has 0 bridgehead atoms. The molecule has 0 saturated heterocycles. The van der Waals surface area contributed by atoms with E-state index in [-0.39, 0.29) is 18.0 Å². The van der Waals surface area contributed by atoms with Gasteiger partial charge in [-0.15, -0.1) is 0 Å². The predicted octanol–water partition coefficient (Wildman–Crippen LogP) is 0.356. The van der Waals surface area contributed by atoms with E-state index in [1.165, 1.54) is 13.2 Å². The van der Waals surface area contributed by atoms with Crippen molar-refractivity contribution < 1.29 is 19.0 Å². The van der Waals surface area contributed by atoms with E-state index in [9.17, 15) is 9.18 Å². The predicted molar refractivity (Wildman–Crippen MR) is 50.2 cm³/mol. The van der Waals surface area contributed by atoms with Crippen molar-refractivity contribution in [1.29, 1.82) is 0 Å². The van der Waals surface area contributed by atoms with Crippen LogP contribution in [0.3, 0.4) is 0 Å². The highest BCUT2D eigenvalue weighted by Crippen LogP contribution is 2.21. The maximum absolute atomic E-state index is 13.0. The molecule has 1 unspecified atom stereocenters. The van der Waals surface area contributed by atoms with Gasteiger partial charge in [0.05, 0.1) is 19.0 Å². The number of methoxy groups -OCH3 is 1. The third-order valence-corrected chi connectivity index (χ3v) is 1.95. The number of aromatic nitrogens is 1. The minimum absolute atomic E-state index is 0.0419. The molecule has 0 radical (unpaired) electrons. The third-order valence-electron chi connectivity index (χ3n) is 1.95. The lowest BCUT2D eigenvalue weighted by Crippen LogP contribution is -2.22. The summed E-state index contributed by atoms with van der Waals surface area (Å²) in [4.78, 5) is 14.4. The van der Waals surface area contributed by atoms with Crippen molar-refractivity contribution in [2.75, 3.05) is 13.7 Å². The highest BCUT2D eigenvalue weighted by atomic mass is 19.1. The van der Waals surface area contributed by atoms with E-state index >= 15 is 0 Å². The van der Waals surface area contributed by atoms with Crippen molar-refractivity contribution in [1.82, 2.24) is 4.98 Å². The summed E-state index contributed by atoms with van der Waals surface area (Å²) in [5, 5.41) is 8.81. The molecule has 6 heteroatoms. The molecule has 0 spiro atoms. The summed E-state index contributed by atoms with van der Waals surface area (Å²) >= 11 is 0. The molecule has 0 fully saturated rings. The number of carbonyl (C=O) groups is 1. The zero-order valence-electron chi connectivity index (χ0n) is 8.11. The lowest BCUT2D eigenvalue weighted by molar-refractivity contribution is -0.138. The number of pyridine rings is 1. The number of carboxylic acid groups (broad SMARTS) is 1. The number of nitrogens with two attached hydrogens (primary N) is 1. The monoisotopic (exact) mass is 214 g/mol. The average molecular weight is 214 g/mol. The standard InChI is InChI=1S/C9H11FN2O3/c1-15-8-2-7(12-4-6(8)10)5(3-11)9(13)14/h2,4-5H,3,11H2,1H3,(H,13,14). The second kappa shape index (κ2) is 4.70. The number of hydrogen-bond donors (Lipinski definition) is 2. The molecule has 0 aliphatic heterocycles. The fourth-order valence-corrected chi connectivity index (χ4v) is 1.13. The first kappa shape index (κ1) is 11.4. The zero-order chi connectivity index (χ0) is 11.4. The first-order valence-electron chi connectivity index (χ1n) is 4.22. The normalized spacial score (nSPS) is 12.2. The number of carboxylic acids is 1. The molecule has 0 amide bonds. The maximum atomic E-state index is 13.0. The number of nitrogens with zero attached hydrogens (tertiary/aromatic N) is 1. The van der Waals surface area contributed by atoms with Gasteiger partial charge < -0.3 is 15.6 Å². The summed E-state index contributed by atoms with van der Waals surface area (Å²) in [5.74, 6) is -2.72. The van der Waals surface area contributed by atoms with Gasteiger partial charge in [0.2, 0.25) is 0 Å². The molecular weight excluding hydrogens is 203 g/mol. The van der Waals surface area contributed by atoms with E-state index in [0.29, 0.717) is 0 Å². The van der Waals surface area contributed by atoms with Crippen molar-refractivity contribution in [3.63, 3.8) is 0 Å². The van der Waals surface area contributed by atoms with Crippen LogP contribution in [0.1, 0.15) is 11.6 Å². The molecule has 5 nitrogen and oxygen atoms in total. The van der Waals surface area contributed by atoms with Gasteiger partial charge in [-0.25, -0.2) is 4.39 Å². The number of halogens is 1. The van der Waals surface area contributed by atoms with E-state index in [1.807, 2.05) is 0 Å². The number of ether oxygens (including phenoxy) is 1. The Morgan fingerprint density at radius 2 is 2.47 bits per heavy atom. The Balaban J connectivity index is 3.09. The van der Waals surface area contributed by atoms with E-state index in [4.69, 9.17) is 15.6 Å². The van der Waals surface area contributed by atoms with Crippen LogP contribution in [0.25, 0.3) is 0 Å². The van der Waals surface area contributed by atoms with Gasteiger partial charge in [0.15, 0.2) is 11.6 Å². The average Bonchev–Trinajstić information content (AvgIpc) is 2.21. The molecule has 15 heavy (non-hydrogen) atoms. The van der Waals surface area contributed by atoms with Crippen LogP contribution in [0, 0.1) is 5.82 Å². The van der Waals surface area contributed by atoms with Gasteiger partial charge in [-0.3, -0.25) is 9.78 Å². The largest absolute Gasteiger partial charge is 0.494 e. The van der Waals surface area contributed by atoms with E-state index < -0.39 is 17.7 Å². The lowest BCUT2D eigenvalue weighted by Gasteiger charge is -2.10. The smallest absolute Gasteiger partial charge is 0.313 e. The van der Waals surface area contributed by atoms with Gasteiger partial charge in [-0.05, 0) is 0 Å². The molecule has 82 valence electrons. The number of aliphatic carboxylic acids is 1. The number of rotatable bonds is 4. The van der Waals surface area contributed by atoms with Gasteiger partial charge >= 0.3 is 5.97 Å². The fraction of sp³-hybridized carbons (Fsp3) is 0.333. The van der Waals surface area contributed by atoms with Crippen LogP contribution in [0.5, 0.6) is 5.75 Å². The molecule has 1 aromatic heterocycles. The summed E-state index contributed by atoms with van der Waals surface area (Å²) < 4.78 is 17.7. The Morgan fingerprint density at radius 3 is 2.93 bits per heavy atom. The van der Waals surface area contributed by atoms with Crippen LogP contribution in [-0.2, 0) is 4.79 Å². The molecule has 1 atom stereocenters. The second-order valence-electron chi connectivity index (χ2n) is 2.87. The van der Waals surface area contributed by atoms with E-state index in [2.05, 4.69) is 4.98 Å². The quantitative estimate of drug-likeness (QED) is 0.755. The lowest BCUT2D eigenvalue weighted by atomic mass is 10.1. The molecule has 3 N–H and O–H groups in total. The topological polar surface area (TPSA) is 85.4 Å². The molecule has 1 heterocycles. The van der Waals surface area contributed by atoms with Gasteiger partial charge in [0.25, 0.3) is 0 Å². The Bertz CT molecular complexity index is 370. The molecule has 1 aromatic rings. The Labute approximate surface area is 85.7 Å². The molecule has 1 rings (SSSR count). The van der Waals surface area contributed by atoms with E-state index in [0.717, 1.165) is 6.20 Å². The molecular formula is C9H11FN2O3. The van der Waals surface area contributed by atoms with Crippen LogP contribution in [0.4, 0.5) is 4.39 Å². The van der Waals surface area contributed by atoms with Crippen LogP contribution < -0.4 is 10.5 Å². The third kappa shape index (κ3) is 2.41. The zero-order valence-corrected chi connectivity index (χ0v) is 8.11. The molecule has 0 aromatic carbocycles. The van der Waals surface area contributed by atoms with Gasteiger partial charge in [-0.2, -0.15) is 0 Å². The van der Waals surface area contributed by atoms with Crippen LogP contribution in [-0.4, -0.2) is 29.7 Å². The summed E-state index contributed by atoms with van der Waals surface area (Å²) in [6.07, 6.45) is 0.916. The first-order valence-corrected chi connectivity index (χ1v) is 4.22. The van der Waals surface area contributed by atoms with Crippen molar-refractivity contribution in [3.05, 3.63) is 23.8 Å². The summed E-state index contributed by atoms with van der Waals surface area (Å²) in [6.45, 7) is -0.100. The van der Waals surface area contributed by atoms with Gasteiger partial charge in [-0.1, -0.05) is 0 Å². The van der Waals surface area contributed by atoms with Crippen molar-refractivity contribution >= 4 is 5.97 Å². The summed E-state index contributed by atoms with van der Waals surface area (Å²) in [7, 11) is 1.29. The first-order chi connectivity index (χ1) is 7.10. The van der Waals surface area contributed by atoms with Gasteiger partial charge in [0, 0.05) is 12.6 Å². The van der Waals surface area contributed by atoms with Crippen LogP contribution in [0.2, 0.25) is 0 Å². The van der Waals surface area contributed by atoms with Crippen molar-refractivity contribution in [2.45, 2.75) is 5.92 Å². The Kier molecular flexibility index (Phi) is 3.56. The van der Waals surface area contributed by atoms with Crippen molar-refractivity contribution in [3.8, 4) is 5.75 Å². The molecule has 0 aliphatic carbocycles. The van der Waals surface area contributed by atoms with Gasteiger partial charge in [0.1, 0.15) is 5.92 Å². The minimum atomic E-state index is -1.10. The van der Waals surface area contributed by atoms with Crippen LogP contribution in [0.15, 0.2) is 12.3 Å². The van der Waals surface area contributed by atoms with Crippen molar-refractivity contribution in [2.24, 2.45) is 5.73 Å². The minimum Gasteiger partial charge on any atom is -0.494 e.